The van der Waals surface area contributed by atoms with Crippen LogP contribution >= 0.6 is 0 Å². The summed E-state index contributed by atoms with van der Waals surface area (Å²) in [5.41, 5.74) is 0.718. The molecular weight excluding hydrogens is 182 g/mol. The molecule has 4 heteroatoms. The minimum absolute atomic E-state index is 0.434. The zero-order chi connectivity index (χ0) is 9.97. The number of furan rings is 1. The van der Waals surface area contributed by atoms with E-state index in [-0.39, 0.29) is 0 Å². The zero-order valence-electron chi connectivity index (χ0n) is 7.61. The lowest BCUT2D eigenvalue weighted by molar-refractivity contribution is -0.105. The van der Waals surface area contributed by atoms with Gasteiger partial charge in [-0.2, -0.15) is 0 Å². The van der Waals surface area contributed by atoms with E-state index in [4.69, 9.17) is 9.15 Å². The van der Waals surface area contributed by atoms with Crippen LogP contribution in [0.15, 0.2) is 28.7 Å². The first-order chi connectivity index (χ1) is 6.83. The number of ether oxygens (including phenoxy) is 1. The Kier molecular flexibility index (Phi) is 2.10. The molecule has 72 valence electrons. The molecule has 2 rings (SSSR count). The number of carbonyl (C=O) groups is 1. The number of nitrogens with one attached hydrogen (secondary N) is 1. The molecule has 0 unspecified atom stereocenters. The van der Waals surface area contributed by atoms with Crippen LogP contribution in [0.4, 0.5) is 5.88 Å². The quantitative estimate of drug-likeness (QED) is 0.755. The van der Waals surface area contributed by atoms with Crippen molar-refractivity contribution < 1.29 is 13.9 Å². The van der Waals surface area contributed by atoms with Crippen LogP contribution in [-0.4, -0.2) is 13.5 Å². The smallest absolute Gasteiger partial charge is 0.213 e. The van der Waals surface area contributed by atoms with Gasteiger partial charge in [-0.15, -0.1) is 0 Å². The van der Waals surface area contributed by atoms with E-state index in [1.165, 1.54) is 0 Å². The van der Waals surface area contributed by atoms with Crippen molar-refractivity contribution in [1.82, 2.24) is 0 Å². The van der Waals surface area contributed by atoms with E-state index in [9.17, 15) is 4.79 Å². The van der Waals surface area contributed by atoms with E-state index in [1.807, 2.05) is 6.07 Å². The van der Waals surface area contributed by atoms with Crippen molar-refractivity contribution in [3.05, 3.63) is 24.3 Å². The van der Waals surface area contributed by atoms with E-state index in [2.05, 4.69) is 5.32 Å². The number of fused-ring (bicyclic) bond motifs is 1. The van der Waals surface area contributed by atoms with Gasteiger partial charge >= 0.3 is 0 Å². The number of hydrogen-bond acceptors (Lipinski definition) is 3. The molecule has 0 spiro atoms. The molecule has 0 aliphatic carbocycles. The maximum atomic E-state index is 10.2. The van der Waals surface area contributed by atoms with Gasteiger partial charge in [0.2, 0.25) is 12.3 Å². The molecule has 0 saturated heterocycles. The van der Waals surface area contributed by atoms with E-state index in [0.717, 1.165) is 16.7 Å². The van der Waals surface area contributed by atoms with Gasteiger partial charge in [0, 0.05) is 11.5 Å². The molecular formula is C10H9NO3. The minimum atomic E-state index is 0.434. The van der Waals surface area contributed by atoms with Crippen molar-refractivity contribution in [3.63, 3.8) is 0 Å². The normalized spacial score (nSPS) is 10.1. The predicted octanol–water partition coefficient (Wildman–Crippen LogP) is 2.01. The molecule has 0 radical (unpaired) electrons. The summed E-state index contributed by atoms with van der Waals surface area (Å²) in [5.74, 6) is 1.19. The van der Waals surface area contributed by atoms with Gasteiger partial charge in [0.15, 0.2) is 0 Å². The first kappa shape index (κ1) is 8.62. The lowest BCUT2D eigenvalue weighted by Gasteiger charge is -1.96. The molecule has 0 aliphatic heterocycles. The second kappa shape index (κ2) is 3.41. The topological polar surface area (TPSA) is 51.5 Å². The Labute approximate surface area is 80.5 Å². The summed E-state index contributed by atoms with van der Waals surface area (Å²) >= 11 is 0. The van der Waals surface area contributed by atoms with Crippen LogP contribution in [0.1, 0.15) is 0 Å². The Morgan fingerprint density at radius 1 is 1.43 bits per heavy atom. The van der Waals surface area contributed by atoms with Crippen LogP contribution < -0.4 is 10.1 Å². The van der Waals surface area contributed by atoms with Crippen LogP contribution in [-0.2, 0) is 4.79 Å². The average molecular weight is 191 g/mol. The van der Waals surface area contributed by atoms with Gasteiger partial charge in [-0.05, 0) is 18.2 Å². The van der Waals surface area contributed by atoms with Crippen molar-refractivity contribution in [2.75, 3.05) is 12.4 Å². The molecule has 4 nitrogen and oxygen atoms in total. The molecule has 1 aromatic heterocycles. The molecule has 0 bridgehead atoms. The maximum absolute atomic E-state index is 10.2. The van der Waals surface area contributed by atoms with Crippen molar-refractivity contribution >= 4 is 23.3 Å². The predicted molar refractivity (Wildman–Crippen MR) is 52.5 cm³/mol. The second-order valence-corrected chi connectivity index (χ2v) is 2.78. The van der Waals surface area contributed by atoms with Crippen molar-refractivity contribution in [3.8, 4) is 5.75 Å². The Morgan fingerprint density at radius 3 is 3.00 bits per heavy atom. The van der Waals surface area contributed by atoms with Crippen molar-refractivity contribution in [2.24, 2.45) is 0 Å². The minimum Gasteiger partial charge on any atom is -0.497 e. The standard InChI is InChI=1S/C10H9NO3/c1-13-8-2-3-9-7(4-8)5-10(14-9)11-6-12/h2-6H,1H3,(H,11,12). The number of hydrogen-bond donors (Lipinski definition) is 1. The molecule has 0 saturated carbocycles. The number of amides is 1. The Hall–Kier alpha value is -1.97. The molecule has 1 N–H and O–H groups in total. The van der Waals surface area contributed by atoms with Crippen LogP contribution in [0.3, 0.4) is 0 Å². The molecule has 0 atom stereocenters. The zero-order valence-corrected chi connectivity index (χ0v) is 7.61. The summed E-state index contributed by atoms with van der Waals surface area (Å²) in [6.07, 6.45) is 0.578. The molecule has 1 aromatic carbocycles. The van der Waals surface area contributed by atoms with Gasteiger partial charge in [-0.1, -0.05) is 0 Å². The monoisotopic (exact) mass is 191 g/mol. The fourth-order valence-electron chi connectivity index (χ4n) is 1.28. The molecule has 0 aliphatic rings. The number of carbonyl (C=O) groups excluding carboxylic acids is 1. The number of methoxy groups -OCH3 is 1. The number of benzene rings is 1. The van der Waals surface area contributed by atoms with Gasteiger partial charge in [0.1, 0.15) is 11.3 Å². The van der Waals surface area contributed by atoms with Crippen LogP contribution in [0.2, 0.25) is 0 Å². The number of rotatable bonds is 3. The van der Waals surface area contributed by atoms with Crippen LogP contribution in [0, 0.1) is 0 Å². The first-order valence-corrected chi connectivity index (χ1v) is 4.11. The van der Waals surface area contributed by atoms with Gasteiger partial charge in [-0.3, -0.25) is 10.1 Å². The van der Waals surface area contributed by atoms with E-state index in [1.54, 1.807) is 25.3 Å². The highest BCUT2D eigenvalue weighted by Crippen LogP contribution is 2.26. The van der Waals surface area contributed by atoms with E-state index >= 15 is 0 Å². The van der Waals surface area contributed by atoms with Gasteiger partial charge < -0.3 is 9.15 Å². The summed E-state index contributed by atoms with van der Waals surface area (Å²) < 4.78 is 10.4. The van der Waals surface area contributed by atoms with Gasteiger partial charge in [0.25, 0.3) is 0 Å². The summed E-state index contributed by atoms with van der Waals surface area (Å²) in [6.45, 7) is 0. The third kappa shape index (κ3) is 1.42. The number of anilines is 1. The Bertz CT molecular complexity index is 461. The summed E-state index contributed by atoms with van der Waals surface area (Å²) in [4.78, 5) is 10.2. The summed E-state index contributed by atoms with van der Waals surface area (Å²) in [6, 6.07) is 7.18. The molecule has 1 amide bonds. The highest BCUT2D eigenvalue weighted by molar-refractivity contribution is 5.84. The fourth-order valence-corrected chi connectivity index (χ4v) is 1.28. The third-order valence-corrected chi connectivity index (χ3v) is 1.92. The van der Waals surface area contributed by atoms with Crippen LogP contribution in [0.5, 0.6) is 5.75 Å². The first-order valence-electron chi connectivity index (χ1n) is 4.11. The highest BCUT2D eigenvalue weighted by Gasteiger charge is 2.03. The lowest BCUT2D eigenvalue weighted by atomic mass is 10.2. The Balaban J connectivity index is 2.48. The van der Waals surface area contributed by atoms with Gasteiger partial charge in [0.05, 0.1) is 7.11 Å². The van der Waals surface area contributed by atoms with Crippen molar-refractivity contribution in [1.29, 1.82) is 0 Å². The maximum Gasteiger partial charge on any atom is 0.213 e. The largest absolute Gasteiger partial charge is 0.497 e. The SMILES string of the molecule is COc1ccc2oc(NC=O)cc2c1. The van der Waals surface area contributed by atoms with E-state index in [0.29, 0.717) is 12.3 Å². The molecule has 14 heavy (non-hydrogen) atoms. The van der Waals surface area contributed by atoms with Crippen molar-refractivity contribution in [2.45, 2.75) is 0 Å². The Morgan fingerprint density at radius 2 is 2.29 bits per heavy atom. The second-order valence-electron chi connectivity index (χ2n) is 2.78. The molecule has 1 heterocycles. The highest BCUT2D eigenvalue weighted by atomic mass is 16.5. The lowest BCUT2D eigenvalue weighted by Crippen LogP contribution is -1.89. The third-order valence-electron chi connectivity index (χ3n) is 1.92. The van der Waals surface area contributed by atoms with Gasteiger partial charge in [-0.25, -0.2) is 0 Å². The summed E-state index contributed by atoms with van der Waals surface area (Å²) in [7, 11) is 1.60. The average Bonchev–Trinajstić information content (AvgIpc) is 2.59. The molecule has 2 aromatic rings. The fraction of sp³-hybridized carbons (Fsp3) is 0.100. The molecule has 0 fully saturated rings. The van der Waals surface area contributed by atoms with E-state index < -0.39 is 0 Å². The summed E-state index contributed by atoms with van der Waals surface area (Å²) in [5, 5.41) is 3.34. The van der Waals surface area contributed by atoms with Crippen LogP contribution in [0.25, 0.3) is 11.0 Å².